The van der Waals surface area contributed by atoms with Gasteiger partial charge < -0.3 is 9.84 Å². The lowest BCUT2D eigenvalue weighted by molar-refractivity contribution is -0.134. The van der Waals surface area contributed by atoms with Crippen LogP contribution in [0.15, 0.2) is 35.2 Å². The minimum absolute atomic E-state index is 0.0610. The lowest BCUT2D eigenvalue weighted by Crippen LogP contribution is -2.14. The van der Waals surface area contributed by atoms with Gasteiger partial charge in [-0.2, -0.15) is 0 Å². The molecule has 7 heteroatoms. The fraction of sp³-hybridized carbons (Fsp3) is 0.214. The first-order valence-electron chi connectivity index (χ1n) is 6.32. The first kappa shape index (κ1) is 15.3. The van der Waals surface area contributed by atoms with Crippen LogP contribution in [0.1, 0.15) is 19.8 Å². The molecule has 0 fully saturated rings. The third-order valence-electron chi connectivity index (χ3n) is 2.93. The highest BCUT2D eigenvalue weighted by Crippen LogP contribution is 2.37. The number of aromatic hydroxyl groups is 1. The molecule has 2 aromatic carbocycles. The second-order valence-corrected chi connectivity index (χ2v) is 6.07. The highest BCUT2D eigenvalue weighted by atomic mass is 32.2. The molecule has 0 aliphatic carbocycles. The Labute approximate surface area is 122 Å². The number of phenolic OH excluding ortho intramolecular Hbond substituents is 1. The molecule has 0 amide bonds. The number of primary sulfonamides is 1. The van der Waals surface area contributed by atoms with Gasteiger partial charge in [0.1, 0.15) is 16.4 Å². The van der Waals surface area contributed by atoms with Crippen LogP contribution in [-0.4, -0.2) is 19.5 Å². The van der Waals surface area contributed by atoms with Crippen LogP contribution in [0, 0.1) is 0 Å². The molecule has 0 radical (unpaired) electrons. The molecule has 0 aliphatic rings. The summed E-state index contributed by atoms with van der Waals surface area (Å²) in [6.45, 7) is 1.83. The second-order valence-electron chi connectivity index (χ2n) is 4.54. The zero-order valence-electron chi connectivity index (χ0n) is 11.4. The number of ether oxygens (including phenoxy) is 1. The summed E-state index contributed by atoms with van der Waals surface area (Å²) in [6.07, 6.45) is 0.816. The van der Waals surface area contributed by atoms with Gasteiger partial charge in [-0.25, -0.2) is 13.6 Å². The van der Waals surface area contributed by atoms with Gasteiger partial charge in [0, 0.05) is 23.3 Å². The lowest BCUT2D eigenvalue weighted by Gasteiger charge is -2.12. The molecule has 0 bridgehead atoms. The Morgan fingerprint density at radius 1 is 1.29 bits per heavy atom. The van der Waals surface area contributed by atoms with Crippen molar-refractivity contribution in [3.8, 4) is 11.5 Å². The largest absolute Gasteiger partial charge is 0.506 e. The third-order valence-corrected chi connectivity index (χ3v) is 3.85. The average Bonchev–Trinajstić information content (AvgIpc) is 2.41. The summed E-state index contributed by atoms with van der Waals surface area (Å²) in [7, 11) is -4.14. The van der Waals surface area contributed by atoms with Crippen molar-refractivity contribution in [3.63, 3.8) is 0 Å². The minimum Gasteiger partial charge on any atom is -0.506 e. The van der Waals surface area contributed by atoms with Gasteiger partial charge in [0.05, 0.1) is 0 Å². The summed E-state index contributed by atoms with van der Waals surface area (Å²) in [5, 5.41) is 15.8. The maximum atomic E-state index is 11.6. The third kappa shape index (κ3) is 3.14. The van der Waals surface area contributed by atoms with Crippen LogP contribution >= 0.6 is 0 Å². The zero-order valence-corrected chi connectivity index (χ0v) is 12.2. The van der Waals surface area contributed by atoms with Crippen LogP contribution in [0.4, 0.5) is 0 Å². The molecule has 0 unspecified atom stereocenters. The number of phenols is 1. The van der Waals surface area contributed by atoms with Crippen molar-refractivity contribution in [2.75, 3.05) is 0 Å². The van der Waals surface area contributed by atoms with Crippen LogP contribution in [0.3, 0.4) is 0 Å². The van der Waals surface area contributed by atoms with Crippen molar-refractivity contribution >= 4 is 26.8 Å². The number of sulfonamides is 1. The molecule has 0 heterocycles. The standard InChI is InChI=1S/C14H15NO5S/c1-2-5-13(16)20-11-8-12(21(15,18)19)14(17)10-7-4-3-6-9(10)11/h3-4,6-8,17H,2,5H2,1H3,(H2,15,18,19). The van der Waals surface area contributed by atoms with Crippen LogP contribution in [0.25, 0.3) is 10.8 Å². The Morgan fingerprint density at radius 2 is 1.90 bits per heavy atom. The summed E-state index contributed by atoms with van der Waals surface area (Å²) in [6, 6.07) is 7.54. The molecule has 2 aromatic rings. The highest BCUT2D eigenvalue weighted by molar-refractivity contribution is 7.89. The van der Waals surface area contributed by atoms with Gasteiger partial charge in [-0.3, -0.25) is 4.79 Å². The Morgan fingerprint density at radius 3 is 2.48 bits per heavy atom. The number of hydrogen-bond donors (Lipinski definition) is 2. The molecule has 3 N–H and O–H groups in total. The van der Waals surface area contributed by atoms with Crippen LogP contribution in [-0.2, 0) is 14.8 Å². The first-order valence-corrected chi connectivity index (χ1v) is 7.87. The monoisotopic (exact) mass is 309 g/mol. The van der Waals surface area contributed by atoms with E-state index in [0.717, 1.165) is 6.07 Å². The normalized spacial score (nSPS) is 11.5. The molecule has 2 rings (SSSR count). The molecule has 0 atom stereocenters. The molecular weight excluding hydrogens is 294 g/mol. The maximum absolute atomic E-state index is 11.6. The zero-order chi connectivity index (χ0) is 15.6. The van der Waals surface area contributed by atoms with Crippen molar-refractivity contribution in [1.82, 2.24) is 0 Å². The second kappa shape index (κ2) is 5.71. The van der Waals surface area contributed by atoms with E-state index in [0.29, 0.717) is 11.8 Å². The summed E-state index contributed by atoms with van der Waals surface area (Å²) in [5.74, 6) is -0.872. The van der Waals surface area contributed by atoms with Gasteiger partial charge in [0.15, 0.2) is 0 Å². The molecule has 0 aromatic heterocycles. The number of esters is 1. The number of fused-ring (bicyclic) bond motifs is 1. The topological polar surface area (TPSA) is 107 Å². The molecular formula is C14H15NO5S. The predicted octanol–water partition coefficient (Wildman–Crippen LogP) is 1.90. The van der Waals surface area contributed by atoms with E-state index in [1.54, 1.807) is 18.2 Å². The molecule has 6 nitrogen and oxygen atoms in total. The van der Waals surface area contributed by atoms with Crippen molar-refractivity contribution < 1.29 is 23.1 Å². The first-order chi connectivity index (χ1) is 9.84. The minimum atomic E-state index is -4.14. The van der Waals surface area contributed by atoms with Crippen molar-refractivity contribution in [3.05, 3.63) is 30.3 Å². The quantitative estimate of drug-likeness (QED) is 0.662. The summed E-state index contributed by atoms with van der Waals surface area (Å²) >= 11 is 0. The SMILES string of the molecule is CCCC(=O)Oc1cc(S(N)(=O)=O)c(O)c2ccccc12. The summed E-state index contributed by atoms with van der Waals surface area (Å²) in [5.41, 5.74) is 0. The summed E-state index contributed by atoms with van der Waals surface area (Å²) in [4.78, 5) is 11.2. The molecule has 0 aliphatic heterocycles. The maximum Gasteiger partial charge on any atom is 0.311 e. The van der Waals surface area contributed by atoms with E-state index >= 15 is 0 Å². The van der Waals surface area contributed by atoms with Crippen molar-refractivity contribution in [1.29, 1.82) is 0 Å². The lowest BCUT2D eigenvalue weighted by atomic mass is 10.1. The van der Waals surface area contributed by atoms with Gasteiger partial charge >= 0.3 is 5.97 Å². The van der Waals surface area contributed by atoms with Crippen molar-refractivity contribution in [2.24, 2.45) is 5.14 Å². The molecule has 112 valence electrons. The fourth-order valence-electron chi connectivity index (χ4n) is 1.98. The highest BCUT2D eigenvalue weighted by Gasteiger charge is 2.20. The Kier molecular flexibility index (Phi) is 4.15. The smallest absolute Gasteiger partial charge is 0.311 e. The van der Waals surface area contributed by atoms with E-state index in [1.165, 1.54) is 6.07 Å². The van der Waals surface area contributed by atoms with E-state index in [9.17, 15) is 18.3 Å². The number of carbonyl (C=O) groups excluding carboxylic acids is 1. The molecule has 21 heavy (non-hydrogen) atoms. The number of nitrogens with two attached hydrogens (primary N) is 1. The summed E-state index contributed by atoms with van der Waals surface area (Å²) < 4.78 is 28.3. The van der Waals surface area contributed by atoms with E-state index in [1.807, 2.05) is 6.92 Å². The Balaban J connectivity index is 2.69. The van der Waals surface area contributed by atoms with Gasteiger partial charge in [-0.1, -0.05) is 31.2 Å². The molecule has 0 spiro atoms. The van der Waals surface area contributed by atoms with Crippen LogP contribution in [0.2, 0.25) is 0 Å². The number of rotatable bonds is 4. The van der Waals surface area contributed by atoms with Gasteiger partial charge in [0.25, 0.3) is 0 Å². The van der Waals surface area contributed by atoms with E-state index in [2.05, 4.69) is 0 Å². The van der Waals surface area contributed by atoms with Crippen LogP contribution in [0.5, 0.6) is 11.5 Å². The van der Waals surface area contributed by atoms with Gasteiger partial charge in [-0.05, 0) is 6.42 Å². The van der Waals surface area contributed by atoms with Gasteiger partial charge in [-0.15, -0.1) is 0 Å². The number of benzene rings is 2. The fourth-order valence-corrected chi connectivity index (χ4v) is 2.63. The van der Waals surface area contributed by atoms with E-state index in [-0.39, 0.29) is 17.6 Å². The van der Waals surface area contributed by atoms with E-state index < -0.39 is 26.6 Å². The van der Waals surface area contributed by atoms with Gasteiger partial charge in [0.2, 0.25) is 10.0 Å². The van der Waals surface area contributed by atoms with E-state index in [4.69, 9.17) is 9.88 Å². The number of hydrogen-bond acceptors (Lipinski definition) is 5. The molecule has 0 saturated heterocycles. The van der Waals surface area contributed by atoms with Crippen molar-refractivity contribution in [2.45, 2.75) is 24.7 Å². The molecule has 0 saturated carbocycles. The number of carbonyl (C=O) groups is 1. The Hall–Kier alpha value is -2.12. The average molecular weight is 309 g/mol. The Bertz CT molecular complexity index is 798. The van der Waals surface area contributed by atoms with Crippen LogP contribution < -0.4 is 9.88 Å². The predicted molar refractivity (Wildman–Crippen MR) is 77.5 cm³/mol.